The van der Waals surface area contributed by atoms with Gasteiger partial charge in [0, 0.05) is 0 Å². The molecule has 1 saturated heterocycles. The predicted octanol–water partition coefficient (Wildman–Crippen LogP) is -0.205. The first kappa shape index (κ1) is 11.5. The average Bonchev–Trinajstić information content (AvgIpc) is 2.17. The molecular formula is C9H12O6. The van der Waals surface area contributed by atoms with Gasteiger partial charge in [0.2, 0.25) is 0 Å². The van der Waals surface area contributed by atoms with Gasteiger partial charge in [0.05, 0.1) is 0 Å². The zero-order valence-electron chi connectivity index (χ0n) is 8.68. The Morgan fingerprint density at radius 3 is 1.07 bits per heavy atom. The lowest BCUT2D eigenvalue weighted by Gasteiger charge is -2.11. The molecule has 0 aromatic heterocycles. The summed E-state index contributed by atoms with van der Waals surface area (Å²) in [4.78, 5) is 33.7. The Hall–Kier alpha value is -1.59. The van der Waals surface area contributed by atoms with Crippen molar-refractivity contribution in [3.63, 3.8) is 0 Å². The molecule has 84 valence electrons. The Bertz CT molecular complexity index is 249. The summed E-state index contributed by atoms with van der Waals surface area (Å²) in [6.45, 7) is 4.11. The lowest BCUT2D eigenvalue weighted by atomic mass is 10.4. The number of hydrogen-bond acceptors (Lipinski definition) is 6. The molecule has 0 radical (unpaired) electrons. The minimum Gasteiger partial charge on any atom is -0.448 e. The van der Waals surface area contributed by atoms with E-state index in [4.69, 9.17) is 14.2 Å². The van der Waals surface area contributed by atoms with Crippen LogP contribution < -0.4 is 0 Å². The van der Waals surface area contributed by atoms with Crippen molar-refractivity contribution in [2.75, 3.05) is 0 Å². The molecule has 0 aliphatic carbocycles. The first-order chi connectivity index (χ1) is 6.91. The zero-order valence-corrected chi connectivity index (χ0v) is 8.68. The second-order valence-electron chi connectivity index (χ2n) is 3.24. The topological polar surface area (TPSA) is 78.9 Å². The van der Waals surface area contributed by atoms with Crippen LogP contribution in [0.25, 0.3) is 0 Å². The minimum absolute atomic E-state index is 0.762. The Morgan fingerprint density at radius 1 is 0.667 bits per heavy atom. The molecule has 0 aromatic rings. The summed E-state index contributed by atoms with van der Waals surface area (Å²) in [5, 5.41) is 0. The van der Waals surface area contributed by atoms with E-state index in [2.05, 4.69) is 0 Å². The summed E-state index contributed by atoms with van der Waals surface area (Å²) < 4.78 is 14.1. The quantitative estimate of drug-likeness (QED) is 0.412. The largest absolute Gasteiger partial charge is 0.448 e. The summed E-state index contributed by atoms with van der Waals surface area (Å²) >= 11 is 0. The molecule has 6 nitrogen and oxygen atoms in total. The van der Waals surface area contributed by atoms with Crippen LogP contribution in [0, 0.1) is 0 Å². The number of carbonyl (C=O) groups is 3. The molecule has 1 rings (SSSR count). The van der Waals surface area contributed by atoms with Crippen molar-refractivity contribution >= 4 is 17.9 Å². The van der Waals surface area contributed by atoms with Gasteiger partial charge in [-0.1, -0.05) is 0 Å². The Balaban J connectivity index is 2.86. The molecule has 0 spiro atoms. The molecule has 0 amide bonds. The lowest BCUT2D eigenvalue weighted by molar-refractivity contribution is -0.169. The van der Waals surface area contributed by atoms with E-state index in [0.717, 1.165) is 0 Å². The van der Waals surface area contributed by atoms with Gasteiger partial charge < -0.3 is 14.2 Å². The first-order valence-corrected chi connectivity index (χ1v) is 4.53. The van der Waals surface area contributed by atoms with Crippen LogP contribution in [-0.2, 0) is 28.6 Å². The van der Waals surface area contributed by atoms with E-state index in [0.29, 0.717) is 0 Å². The fourth-order valence-electron chi connectivity index (χ4n) is 0.954. The fraction of sp³-hybridized carbons (Fsp3) is 0.667. The molecule has 3 atom stereocenters. The van der Waals surface area contributed by atoms with Crippen LogP contribution in [0.5, 0.6) is 0 Å². The monoisotopic (exact) mass is 216 g/mol. The maximum absolute atomic E-state index is 11.2. The molecule has 15 heavy (non-hydrogen) atoms. The summed E-state index contributed by atoms with van der Waals surface area (Å²) in [5.74, 6) is -2.29. The van der Waals surface area contributed by atoms with Crippen molar-refractivity contribution in [2.45, 2.75) is 39.1 Å². The molecule has 0 unspecified atom stereocenters. The van der Waals surface area contributed by atoms with Gasteiger partial charge in [-0.15, -0.1) is 0 Å². The van der Waals surface area contributed by atoms with Crippen molar-refractivity contribution in [3.8, 4) is 0 Å². The average molecular weight is 216 g/mol. The molecule has 0 saturated carbocycles. The maximum atomic E-state index is 11.2. The lowest BCUT2D eigenvalue weighted by Crippen LogP contribution is -2.30. The highest BCUT2D eigenvalue weighted by atomic mass is 16.6. The molecule has 1 heterocycles. The maximum Gasteiger partial charge on any atom is 0.347 e. The van der Waals surface area contributed by atoms with Crippen LogP contribution in [0.3, 0.4) is 0 Å². The molecule has 0 N–H and O–H groups in total. The van der Waals surface area contributed by atoms with Crippen LogP contribution in [0.2, 0.25) is 0 Å². The van der Waals surface area contributed by atoms with E-state index in [1.165, 1.54) is 20.8 Å². The highest BCUT2D eigenvalue weighted by Crippen LogP contribution is 2.08. The molecule has 0 aromatic carbocycles. The van der Waals surface area contributed by atoms with E-state index in [1.807, 2.05) is 0 Å². The summed E-state index contributed by atoms with van der Waals surface area (Å²) in [6.07, 6.45) is -3.09. The highest BCUT2D eigenvalue weighted by Gasteiger charge is 2.32. The summed E-state index contributed by atoms with van der Waals surface area (Å²) in [7, 11) is 0. The van der Waals surface area contributed by atoms with Gasteiger partial charge >= 0.3 is 17.9 Å². The van der Waals surface area contributed by atoms with Crippen molar-refractivity contribution in [2.24, 2.45) is 0 Å². The third kappa shape index (κ3) is 2.68. The van der Waals surface area contributed by atoms with E-state index in [-0.39, 0.29) is 0 Å². The molecule has 6 heteroatoms. The third-order valence-electron chi connectivity index (χ3n) is 1.87. The van der Waals surface area contributed by atoms with Crippen molar-refractivity contribution < 1.29 is 28.6 Å². The van der Waals surface area contributed by atoms with Gasteiger partial charge in [0.15, 0.2) is 18.3 Å². The second-order valence-corrected chi connectivity index (χ2v) is 3.24. The van der Waals surface area contributed by atoms with Crippen LogP contribution in [0.1, 0.15) is 20.8 Å². The van der Waals surface area contributed by atoms with Gasteiger partial charge in [-0.25, -0.2) is 14.4 Å². The number of rotatable bonds is 0. The van der Waals surface area contributed by atoms with Gasteiger partial charge in [-0.3, -0.25) is 0 Å². The van der Waals surface area contributed by atoms with Crippen molar-refractivity contribution in [3.05, 3.63) is 0 Å². The van der Waals surface area contributed by atoms with Gasteiger partial charge in [-0.05, 0) is 20.8 Å². The normalized spacial score (nSPS) is 33.0. The third-order valence-corrected chi connectivity index (χ3v) is 1.87. The van der Waals surface area contributed by atoms with Crippen molar-refractivity contribution in [1.82, 2.24) is 0 Å². The number of cyclic esters (lactones) is 3. The summed E-state index contributed by atoms with van der Waals surface area (Å²) in [6, 6.07) is 0. The van der Waals surface area contributed by atoms with E-state index in [9.17, 15) is 14.4 Å². The number of carbonyl (C=O) groups excluding carboxylic acids is 3. The van der Waals surface area contributed by atoms with Crippen LogP contribution in [-0.4, -0.2) is 36.2 Å². The number of ether oxygens (including phenoxy) is 3. The van der Waals surface area contributed by atoms with Gasteiger partial charge in [-0.2, -0.15) is 0 Å². The molecular weight excluding hydrogens is 204 g/mol. The van der Waals surface area contributed by atoms with E-state index < -0.39 is 36.2 Å². The Morgan fingerprint density at radius 2 is 0.867 bits per heavy atom. The molecule has 1 fully saturated rings. The van der Waals surface area contributed by atoms with Crippen LogP contribution in [0.4, 0.5) is 0 Å². The summed E-state index contributed by atoms with van der Waals surface area (Å²) in [5.41, 5.74) is 0. The SMILES string of the molecule is C[C@@H]1OC(=O)[C@H](C)OC(=O)[C@H](C)OC1=O. The predicted molar refractivity (Wildman–Crippen MR) is 46.7 cm³/mol. The van der Waals surface area contributed by atoms with E-state index >= 15 is 0 Å². The highest BCUT2D eigenvalue weighted by molar-refractivity contribution is 5.87. The number of esters is 3. The second kappa shape index (κ2) is 4.29. The van der Waals surface area contributed by atoms with Crippen LogP contribution in [0.15, 0.2) is 0 Å². The van der Waals surface area contributed by atoms with E-state index in [1.54, 1.807) is 0 Å². The van der Waals surface area contributed by atoms with Crippen LogP contribution >= 0.6 is 0 Å². The minimum atomic E-state index is -1.03. The molecule has 1 aliphatic rings. The standard InChI is InChI=1S/C9H12O6/c1-4-7(10)14-6(3)9(12)15-5(2)8(11)13-4/h4-6H,1-3H3/t4-,5-,6-/m0/s1. The molecule has 1 aliphatic heterocycles. The Kier molecular flexibility index (Phi) is 3.28. The first-order valence-electron chi connectivity index (χ1n) is 4.53. The Labute approximate surface area is 86.5 Å². The zero-order chi connectivity index (χ0) is 11.6. The fourth-order valence-corrected chi connectivity index (χ4v) is 0.954. The van der Waals surface area contributed by atoms with Gasteiger partial charge in [0.1, 0.15) is 0 Å². The van der Waals surface area contributed by atoms with Crippen molar-refractivity contribution in [1.29, 1.82) is 0 Å². The number of hydrogen-bond donors (Lipinski definition) is 0. The van der Waals surface area contributed by atoms with Gasteiger partial charge in [0.25, 0.3) is 0 Å². The molecule has 0 bridgehead atoms. The smallest absolute Gasteiger partial charge is 0.347 e.